The second kappa shape index (κ2) is 5.28. The lowest BCUT2D eigenvalue weighted by atomic mass is 10.0. The van der Waals surface area contributed by atoms with Gasteiger partial charge in [0.15, 0.2) is 0 Å². The lowest BCUT2D eigenvalue weighted by Crippen LogP contribution is -2.27. The van der Waals surface area contributed by atoms with Gasteiger partial charge in [-0.15, -0.1) is 0 Å². The van der Waals surface area contributed by atoms with Crippen LogP contribution in [-0.4, -0.2) is 5.60 Å². The highest BCUT2D eigenvalue weighted by Crippen LogP contribution is 2.32. The second-order valence-electron chi connectivity index (χ2n) is 6.13. The van der Waals surface area contributed by atoms with Gasteiger partial charge in [-0.25, -0.2) is 0 Å². The minimum atomic E-state index is -0.218. The number of rotatable bonds is 3. The highest BCUT2D eigenvalue weighted by Gasteiger charge is 2.21. The highest BCUT2D eigenvalue weighted by molar-refractivity contribution is 5.66. The molecule has 0 spiro atoms. The van der Waals surface area contributed by atoms with Gasteiger partial charge in [0.05, 0.1) is 0 Å². The predicted octanol–water partition coefficient (Wildman–Crippen LogP) is 4.79. The molecule has 1 aliphatic heterocycles. The molecule has 0 aromatic heterocycles. The van der Waals surface area contributed by atoms with E-state index in [9.17, 15) is 0 Å². The maximum Gasteiger partial charge on any atom is 0.127 e. The Kier molecular flexibility index (Phi) is 3.46. The third-order valence-electron chi connectivity index (χ3n) is 3.66. The van der Waals surface area contributed by atoms with Crippen molar-refractivity contribution in [1.82, 2.24) is 0 Å². The van der Waals surface area contributed by atoms with Crippen LogP contribution in [0.25, 0.3) is 6.08 Å². The second-order valence-corrected chi connectivity index (χ2v) is 6.13. The zero-order valence-corrected chi connectivity index (χ0v) is 12.8. The fourth-order valence-electron chi connectivity index (χ4n) is 2.40. The first-order chi connectivity index (χ1) is 10.0. The van der Waals surface area contributed by atoms with E-state index >= 15 is 0 Å². The molecular weight excluding hydrogens is 258 g/mol. The zero-order chi connectivity index (χ0) is 14.9. The summed E-state index contributed by atoms with van der Waals surface area (Å²) in [6.07, 6.45) is 4.23. The molecule has 108 valence electrons. The van der Waals surface area contributed by atoms with Crippen LogP contribution in [0.1, 0.15) is 30.5 Å². The van der Waals surface area contributed by atoms with Gasteiger partial charge in [0.2, 0.25) is 0 Å². The molecule has 0 atom stereocenters. The Morgan fingerprint density at radius 1 is 1.05 bits per heavy atom. The van der Waals surface area contributed by atoms with E-state index in [2.05, 4.69) is 74.6 Å². The number of anilines is 1. The third-order valence-corrected chi connectivity index (χ3v) is 3.66. The normalized spacial score (nSPS) is 15.2. The zero-order valence-electron chi connectivity index (χ0n) is 12.8. The molecule has 2 aromatic rings. The molecule has 1 N–H and O–H groups in total. The summed E-state index contributed by atoms with van der Waals surface area (Å²) in [4.78, 5) is 0. The summed E-state index contributed by atoms with van der Waals surface area (Å²) in [5, 5.41) is 3.46. The van der Waals surface area contributed by atoms with E-state index in [-0.39, 0.29) is 5.60 Å². The van der Waals surface area contributed by atoms with Gasteiger partial charge in [0, 0.05) is 17.8 Å². The first kappa shape index (κ1) is 13.7. The van der Waals surface area contributed by atoms with Gasteiger partial charge < -0.3 is 10.1 Å². The van der Waals surface area contributed by atoms with E-state index in [0.717, 1.165) is 23.5 Å². The molecule has 1 aliphatic rings. The number of aryl methyl sites for hydroxylation is 1. The molecule has 0 fully saturated rings. The van der Waals surface area contributed by atoms with E-state index in [1.807, 2.05) is 6.07 Å². The van der Waals surface area contributed by atoms with Crippen LogP contribution in [0, 0.1) is 6.92 Å². The maximum absolute atomic E-state index is 5.94. The van der Waals surface area contributed by atoms with E-state index in [0.29, 0.717) is 0 Å². The molecule has 0 saturated carbocycles. The maximum atomic E-state index is 5.94. The Morgan fingerprint density at radius 2 is 1.81 bits per heavy atom. The Balaban J connectivity index is 1.71. The molecule has 0 bridgehead atoms. The van der Waals surface area contributed by atoms with Crippen LogP contribution in [-0.2, 0) is 6.54 Å². The topological polar surface area (TPSA) is 21.3 Å². The fourth-order valence-corrected chi connectivity index (χ4v) is 2.40. The van der Waals surface area contributed by atoms with Crippen molar-refractivity contribution in [2.24, 2.45) is 0 Å². The van der Waals surface area contributed by atoms with Gasteiger partial charge in [-0.05, 0) is 50.6 Å². The van der Waals surface area contributed by atoms with Crippen molar-refractivity contribution in [1.29, 1.82) is 0 Å². The standard InChI is InChI=1S/C19H21NO/c1-14-4-6-15(7-5-14)13-20-17-8-9-18-16(12-17)10-11-19(2,3)21-18/h4-12,20H,13H2,1-3H3. The SMILES string of the molecule is Cc1ccc(CNc2ccc3c(c2)C=CC(C)(C)O3)cc1. The number of ether oxygens (including phenoxy) is 1. The molecule has 1 heterocycles. The Morgan fingerprint density at radius 3 is 2.57 bits per heavy atom. The van der Waals surface area contributed by atoms with Crippen LogP contribution in [0.5, 0.6) is 5.75 Å². The number of nitrogens with one attached hydrogen (secondary N) is 1. The molecule has 21 heavy (non-hydrogen) atoms. The van der Waals surface area contributed by atoms with Crippen molar-refractivity contribution >= 4 is 11.8 Å². The Bertz CT molecular complexity index is 668. The van der Waals surface area contributed by atoms with Crippen molar-refractivity contribution in [2.45, 2.75) is 32.9 Å². The van der Waals surface area contributed by atoms with Crippen LogP contribution >= 0.6 is 0 Å². The number of benzene rings is 2. The van der Waals surface area contributed by atoms with Crippen LogP contribution in [0.15, 0.2) is 48.5 Å². The summed E-state index contributed by atoms with van der Waals surface area (Å²) >= 11 is 0. The molecule has 0 aliphatic carbocycles. The summed E-state index contributed by atoms with van der Waals surface area (Å²) in [5.74, 6) is 0.948. The molecule has 0 amide bonds. The minimum absolute atomic E-state index is 0.218. The first-order valence-electron chi connectivity index (χ1n) is 7.34. The quantitative estimate of drug-likeness (QED) is 0.872. The average Bonchev–Trinajstić information content (AvgIpc) is 2.46. The van der Waals surface area contributed by atoms with Gasteiger partial charge >= 0.3 is 0 Å². The highest BCUT2D eigenvalue weighted by atomic mass is 16.5. The van der Waals surface area contributed by atoms with Gasteiger partial charge in [0.25, 0.3) is 0 Å². The summed E-state index contributed by atoms with van der Waals surface area (Å²) in [5.41, 5.74) is 4.60. The predicted molar refractivity (Wildman–Crippen MR) is 88.7 cm³/mol. The van der Waals surface area contributed by atoms with Gasteiger partial charge in [-0.3, -0.25) is 0 Å². The molecule has 0 saturated heterocycles. The van der Waals surface area contributed by atoms with Crippen molar-refractivity contribution in [3.8, 4) is 5.75 Å². The largest absolute Gasteiger partial charge is 0.483 e. The number of hydrogen-bond donors (Lipinski definition) is 1. The summed E-state index contributed by atoms with van der Waals surface area (Å²) < 4.78 is 5.94. The molecule has 2 nitrogen and oxygen atoms in total. The van der Waals surface area contributed by atoms with Crippen LogP contribution in [0.2, 0.25) is 0 Å². The molecule has 2 heteroatoms. The van der Waals surface area contributed by atoms with Crippen molar-refractivity contribution in [3.05, 3.63) is 65.2 Å². The summed E-state index contributed by atoms with van der Waals surface area (Å²) in [6, 6.07) is 14.8. The van der Waals surface area contributed by atoms with Gasteiger partial charge in [-0.1, -0.05) is 35.9 Å². The van der Waals surface area contributed by atoms with Gasteiger partial charge in [0.1, 0.15) is 11.4 Å². The smallest absolute Gasteiger partial charge is 0.127 e. The van der Waals surface area contributed by atoms with Crippen LogP contribution < -0.4 is 10.1 Å². The van der Waals surface area contributed by atoms with Crippen molar-refractivity contribution in [3.63, 3.8) is 0 Å². The lowest BCUT2D eigenvalue weighted by molar-refractivity contribution is 0.159. The molecule has 3 rings (SSSR count). The summed E-state index contributed by atoms with van der Waals surface area (Å²) in [6.45, 7) is 7.07. The van der Waals surface area contributed by atoms with E-state index < -0.39 is 0 Å². The molecule has 0 radical (unpaired) electrons. The minimum Gasteiger partial charge on any atom is -0.483 e. The van der Waals surface area contributed by atoms with E-state index in [4.69, 9.17) is 4.74 Å². The Labute approximate surface area is 126 Å². The third kappa shape index (κ3) is 3.27. The number of hydrogen-bond acceptors (Lipinski definition) is 2. The Hall–Kier alpha value is -2.22. The monoisotopic (exact) mass is 279 g/mol. The molecule has 0 unspecified atom stereocenters. The molecular formula is C19H21NO. The van der Waals surface area contributed by atoms with E-state index in [1.54, 1.807) is 0 Å². The molecule has 2 aromatic carbocycles. The van der Waals surface area contributed by atoms with Crippen molar-refractivity contribution in [2.75, 3.05) is 5.32 Å². The fraction of sp³-hybridized carbons (Fsp3) is 0.263. The van der Waals surface area contributed by atoms with E-state index in [1.165, 1.54) is 11.1 Å². The average molecular weight is 279 g/mol. The summed E-state index contributed by atoms with van der Waals surface area (Å²) in [7, 11) is 0. The number of fused-ring (bicyclic) bond motifs is 1. The van der Waals surface area contributed by atoms with Crippen molar-refractivity contribution < 1.29 is 4.74 Å². The first-order valence-corrected chi connectivity index (χ1v) is 7.34. The van der Waals surface area contributed by atoms with Gasteiger partial charge in [-0.2, -0.15) is 0 Å². The van der Waals surface area contributed by atoms with Crippen LogP contribution in [0.3, 0.4) is 0 Å². The van der Waals surface area contributed by atoms with Crippen LogP contribution in [0.4, 0.5) is 5.69 Å². The lowest BCUT2D eigenvalue weighted by Gasteiger charge is -2.28.